The van der Waals surface area contributed by atoms with Crippen molar-refractivity contribution in [3.8, 4) is 0 Å². The first-order valence-corrected chi connectivity index (χ1v) is 11.4. The number of carboxylic acid groups (broad SMARTS) is 1. The third kappa shape index (κ3) is 7.04. The van der Waals surface area contributed by atoms with Crippen LogP contribution >= 0.6 is 0 Å². The topological polar surface area (TPSA) is 116 Å². The summed E-state index contributed by atoms with van der Waals surface area (Å²) >= 11 is 0. The van der Waals surface area contributed by atoms with Crippen molar-refractivity contribution in [3.63, 3.8) is 0 Å². The lowest BCUT2D eigenvalue weighted by Gasteiger charge is -2.30. The molecular weight excluding hydrogens is 448 g/mol. The number of nitrogens with zero attached hydrogens (tertiary/aromatic N) is 1. The Labute approximate surface area is 204 Å². The van der Waals surface area contributed by atoms with Crippen LogP contribution in [0.4, 0.5) is 4.79 Å². The van der Waals surface area contributed by atoms with Gasteiger partial charge in [0.25, 0.3) is 0 Å². The van der Waals surface area contributed by atoms with Crippen molar-refractivity contribution in [3.05, 3.63) is 83.9 Å². The van der Waals surface area contributed by atoms with Gasteiger partial charge in [-0.15, -0.1) is 0 Å². The second-order valence-corrected chi connectivity index (χ2v) is 8.54. The fraction of sp³-hybridized carbons (Fsp3) is 0.296. The Morgan fingerprint density at radius 2 is 1.60 bits per heavy atom. The SMILES string of the molecule is CC(C)N(CC(O)C(=O)OCc1ccccc1)C(=O)N[C@@H](Cc1cccc2ccccc12)C(=O)O. The van der Waals surface area contributed by atoms with Gasteiger partial charge in [0.2, 0.25) is 0 Å². The molecule has 184 valence electrons. The normalized spacial score (nSPS) is 12.7. The number of carbonyl (C=O) groups excluding carboxylic acids is 2. The summed E-state index contributed by atoms with van der Waals surface area (Å²) in [4.78, 5) is 38.4. The number of amides is 2. The van der Waals surface area contributed by atoms with Crippen molar-refractivity contribution >= 4 is 28.7 Å². The van der Waals surface area contributed by atoms with Crippen LogP contribution in [0.5, 0.6) is 0 Å². The highest BCUT2D eigenvalue weighted by Crippen LogP contribution is 2.20. The summed E-state index contributed by atoms with van der Waals surface area (Å²) in [5, 5.41) is 24.5. The smallest absolute Gasteiger partial charge is 0.337 e. The van der Waals surface area contributed by atoms with Crippen LogP contribution in [0.1, 0.15) is 25.0 Å². The number of hydrogen-bond donors (Lipinski definition) is 3. The van der Waals surface area contributed by atoms with Gasteiger partial charge >= 0.3 is 18.0 Å². The number of nitrogens with one attached hydrogen (secondary N) is 1. The van der Waals surface area contributed by atoms with Gasteiger partial charge in [0.15, 0.2) is 6.10 Å². The zero-order chi connectivity index (χ0) is 25.4. The second kappa shape index (κ2) is 12.0. The van der Waals surface area contributed by atoms with E-state index in [1.54, 1.807) is 26.0 Å². The summed E-state index contributed by atoms with van der Waals surface area (Å²) in [5.74, 6) is -2.05. The molecule has 0 aliphatic rings. The molecule has 0 spiro atoms. The van der Waals surface area contributed by atoms with E-state index in [1.807, 2.05) is 60.7 Å². The summed E-state index contributed by atoms with van der Waals surface area (Å²) in [7, 11) is 0. The molecule has 0 aliphatic heterocycles. The van der Waals surface area contributed by atoms with Crippen LogP contribution in [-0.4, -0.2) is 57.8 Å². The third-order valence-corrected chi connectivity index (χ3v) is 5.65. The van der Waals surface area contributed by atoms with Gasteiger partial charge in [-0.2, -0.15) is 0 Å². The Balaban J connectivity index is 1.65. The number of aliphatic hydroxyl groups excluding tert-OH is 1. The predicted octanol–water partition coefficient (Wildman–Crippen LogP) is 3.36. The lowest BCUT2D eigenvalue weighted by molar-refractivity contribution is -0.155. The molecule has 35 heavy (non-hydrogen) atoms. The molecule has 3 aromatic rings. The summed E-state index contributed by atoms with van der Waals surface area (Å²) in [5.41, 5.74) is 1.56. The molecular formula is C27H30N2O6. The van der Waals surface area contributed by atoms with Gasteiger partial charge in [0.1, 0.15) is 12.6 Å². The van der Waals surface area contributed by atoms with Crippen LogP contribution in [0.15, 0.2) is 72.8 Å². The maximum Gasteiger partial charge on any atom is 0.337 e. The Bertz CT molecular complexity index is 1160. The number of carbonyl (C=O) groups is 3. The number of carboxylic acids is 1. The maximum atomic E-state index is 13.0. The minimum absolute atomic E-state index is 0.00325. The molecule has 0 aliphatic carbocycles. The van der Waals surface area contributed by atoms with Gasteiger partial charge in [-0.3, -0.25) is 0 Å². The van der Waals surface area contributed by atoms with E-state index >= 15 is 0 Å². The van der Waals surface area contributed by atoms with Crippen LogP contribution < -0.4 is 5.32 Å². The number of fused-ring (bicyclic) bond motifs is 1. The molecule has 0 bridgehead atoms. The lowest BCUT2D eigenvalue weighted by Crippen LogP contribution is -2.53. The number of benzene rings is 3. The van der Waals surface area contributed by atoms with E-state index in [2.05, 4.69) is 5.32 Å². The first-order chi connectivity index (χ1) is 16.8. The largest absolute Gasteiger partial charge is 0.480 e. The Morgan fingerprint density at radius 3 is 2.29 bits per heavy atom. The van der Waals surface area contributed by atoms with Gasteiger partial charge < -0.3 is 25.2 Å². The summed E-state index contributed by atoms with van der Waals surface area (Å²) < 4.78 is 5.15. The highest BCUT2D eigenvalue weighted by molar-refractivity contribution is 5.88. The highest BCUT2D eigenvalue weighted by Gasteiger charge is 2.29. The fourth-order valence-electron chi connectivity index (χ4n) is 3.74. The van der Waals surface area contributed by atoms with Crippen molar-refractivity contribution < 1.29 is 29.3 Å². The van der Waals surface area contributed by atoms with Gasteiger partial charge in [-0.1, -0.05) is 72.8 Å². The number of hydrogen-bond acceptors (Lipinski definition) is 5. The number of aliphatic hydroxyl groups is 1. The average molecular weight is 479 g/mol. The molecule has 0 saturated heterocycles. The molecule has 0 radical (unpaired) electrons. The second-order valence-electron chi connectivity index (χ2n) is 8.54. The lowest BCUT2D eigenvalue weighted by atomic mass is 9.99. The monoisotopic (exact) mass is 478 g/mol. The molecule has 0 aromatic heterocycles. The molecule has 3 aromatic carbocycles. The summed E-state index contributed by atoms with van der Waals surface area (Å²) in [6, 6.07) is 20.0. The molecule has 0 fully saturated rings. The van der Waals surface area contributed by atoms with Crippen molar-refractivity contribution in [1.82, 2.24) is 10.2 Å². The van der Waals surface area contributed by atoms with E-state index in [4.69, 9.17) is 4.74 Å². The van der Waals surface area contributed by atoms with Gasteiger partial charge in [0.05, 0.1) is 6.54 Å². The van der Waals surface area contributed by atoms with Crippen LogP contribution in [0.2, 0.25) is 0 Å². The number of urea groups is 1. The van der Waals surface area contributed by atoms with E-state index in [-0.39, 0.29) is 19.6 Å². The Kier molecular flexibility index (Phi) is 8.80. The van der Waals surface area contributed by atoms with E-state index in [9.17, 15) is 24.6 Å². The predicted molar refractivity (Wildman–Crippen MR) is 132 cm³/mol. The van der Waals surface area contributed by atoms with Crippen molar-refractivity contribution in [2.45, 2.75) is 45.1 Å². The van der Waals surface area contributed by atoms with Crippen molar-refractivity contribution in [1.29, 1.82) is 0 Å². The molecule has 2 atom stereocenters. The summed E-state index contributed by atoms with van der Waals surface area (Å²) in [6.45, 7) is 3.08. The zero-order valence-corrected chi connectivity index (χ0v) is 19.8. The van der Waals surface area contributed by atoms with Crippen LogP contribution in [0.3, 0.4) is 0 Å². The number of aliphatic carboxylic acids is 1. The third-order valence-electron chi connectivity index (χ3n) is 5.65. The minimum atomic E-state index is -1.58. The summed E-state index contributed by atoms with van der Waals surface area (Å²) in [6.07, 6.45) is -1.50. The van der Waals surface area contributed by atoms with Gasteiger partial charge in [-0.05, 0) is 35.7 Å². The maximum absolute atomic E-state index is 13.0. The van der Waals surface area contributed by atoms with E-state index in [1.165, 1.54) is 4.90 Å². The number of esters is 1. The van der Waals surface area contributed by atoms with E-state index < -0.39 is 36.2 Å². The quantitative estimate of drug-likeness (QED) is 0.385. The first-order valence-electron chi connectivity index (χ1n) is 11.4. The van der Waals surface area contributed by atoms with Crippen molar-refractivity contribution in [2.75, 3.05) is 6.54 Å². The molecule has 0 saturated carbocycles. The first kappa shape index (κ1) is 25.7. The molecule has 0 heterocycles. The van der Waals surface area contributed by atoms with Crippen LogP contribution in [-0.2, 0) is 27.4 Å². The molecule has 2 amide bonds. The Hall–Kier alpha value is -3.91. The van der Waals surface area contributed by atoms with Crippen LogP contribution in [0, 0.1) is 0 Å². The average Bonchev–Trinajstić information content (AvgIpc) is 2.85. The number of rotatable bonds is 10. The van der Waals surface area contributed by atoms with Crippen LogP contribution in [0.25, 0.3) is 10.8 Å². The molecule has 8 nitrogen and oxygen atoms in total. The molecule has 3 rings (SSSR count). The molecule has 8 heteroatoms. The molecule has 1 unspecified atom stereocenters. The van der Waals surface area contributed by atoms with Gasteiger partial charge in [-0.25, -0.2) is 14.4 Å². The zero-order valence-electron chi connectivity index (χ0n) is 19.8. The highest BCUT2D eigenvalue weighted by atomic mass is 16.5. The Morgan fingerprint density at radius 1 is 0.943 bits per heavy atom. The standard InChI is InChI=1S/C27H30N2O6/c1-18(2)29(16-24(30)26(33)35-17-19-9-4-3-5-10-19)27(34)28-23(25(31)32)15-21-13-8-12-20-11-6-7-14-22(20)21/h3-14,18,23-24,30H,15-17H2,1-2H3,(H,28,34)(H,31,32)/t23-,24?/m0/s1. The van der Waals surface area contributed by atoms with E-state index in [0.717, 1.165) is 21.9 Å². The fourth-order valence-corrected chi connectivity index (χ4v) is 3.74. The van der Waals surface area contributed by atoms with Crippen molar-refractivity contribution in [2.24, 2.45) is 0 Å². The van der Waals surface area contributed by atoms with Gasteiger partial charge in [0, 0.05) is 12.5 Å². The molecule has 3 N–H and O–H groups in total. The minimum Gasteiger partial charge on any atom is -0.480 e. The van der Waals surface area contributed by atoms with E-state index in [0.29, 0.717) is 0 Å². The number of ether oxygens (including phenoxy) is 1.